The van der Waals surface area contributed by atoms with Crippen LogP contribution < -0.4 is 0 Å². The molecular weight excluding hydrogens is 2020 g/mol. The minimum Gasteiger partial charge on any atom is -0.358 e. The van der Waals surface area contributed by atoms with E-state index in [-0.39, 0.29) is 53.0 Å². The van der Waals surface area contributed by atoms with Crippen LogP contribution in [0, 0.1) is 24.3 Å². The second kappa shape index (κ2) is 34.7. The zero-order valence-electron chi connectivity index (χ0n) is 81.2. The molecule has 8 aromatic heterocycles. The van der Waals surface area contributed by atoms with Crippen molar-refractivity contribution in [3.05, 3.63) is 359 Å². The Kier molecular flexibility index (Phi) is 23.2. The smallest absolute Gasteiger partial charge is 0.358 e. The van der Waals surface area contributed by atoms with Crippen molar-refractivity contribution < 1.29 is 42.1 Å². The SMILES string of the molecule is CC(C)c1cc(C(C)C)c(-c2ccc3nc4n(-c5[c-]c6c(cc5)c5ccccc5n6-c5[c-]c(-n6cc(-c7c(C(C)C)cccc7C(C)C)cn6)ccc5)c5ccc(-c6c(C(C)C)cc(C(C)C)cc6C(C)C)cc5n4c3c2)c(C(C)C)c1.CC1(C)c2ccc(-n3c4[c-]c(-n5c6ccccc6n6c7ccccc7nc56)ccc4c4ccccc43)[c-]c2-n2ncc(-c3ccccc3)c2C1(C)C.[Pt+2].[Pt+2]. The van der Waals surface area contributed by atoms with Crippen molar-refractivity contribution in [3.63, 3.8) is 0 Å². The number of fused-ring (bicyclic) bond motifs is 19. The molecule has 12 nitrogen and oxygen atoms in total. The quantitative estimate of drug-likeness (QED) is 0.0850. The van der Waals surface area contributed by atoms with Crippen LogP contribution in [0.25, 0.3) is 178 Å². The summed E-state index contributed by atoms with van der Waals surface area (Å²) in [7, 11) is 0. The standard InChI is InChI=1S/C76H80N6.C46H34N6.2Pt/c1-43(2)53-33-63(47(9)10)73(64(34-53)48(11)12)51-27-31-67-71(37-51)82-72-38-52(74-65(49(13)14)35-54(44(3)4)36-66(74)50(15)16)28-32-69(72)81(76(82)78-67)58-29-30-62-61-23-17-18-26-68(61)80(70(62)40-58)57-22-19-21-56(39-57)79-42-55(41-77-79)75-59(45(5)6)24-20-25-60(75)46(7)8;1-45(2)35-25-23-30(27-42(35)52-43(46(45,3)4)34(28-47-52)29-14-6-5-7-15-29)49-37-18-10-8-16-32(37)33-24-22-31(26-41(33)49)50-39-20-12-13-21-40(39)51-38-19-11-9-17-36(38)48-44(50)51;;/h17-38,41-50H,1-16H3;5-25,28H,1-4H3;;/q2*-2;2*+2. The van der Waals surface area contributed by atoms with E-state index in [0.717, 1.165) is 139 Å². The molecule has 0 amide bonds. The molecule has 1 aliphatic heterocycles. The summed E-state index contributed by atoms with van der Waals surface area (Å²) in [6.45, 7) is 46.5. The zero-order chi connectivity index (χ0) is 92.7. The third-order valence-electron chi connectivity index (χ3n) is 29.4. The molecule has 0 aliphatic carbocycles. The molecule has 23 rings (SSSR count). The van der Waals surface area contributed by atoms with E-state index < -0.39 is 0 Å². The van der Waals surface area contributed by atoms with E-state index in [0.29, 0.717) is 47.3 Å². The zero-order valence-corrected chi connectivity index (χ0v) is 85.7. The van der Waals surface area contributed by atoms with Gasteiger partial charge in [-0.3, -0.25) is 18.2 Å². The Bertz CT molecular complexity index is 8390. The van der Waals surface area contributed by atoms with E-state index in [1.807, 2.05) is 23.1 Å². The molecule has 14 heteroatoms. The summed E-state index contributed by atoms with van der Waals surface area (Å²) in [6.07, 6.45) is 6.22. The summed E-state index contributed by atoms with van der Waals surface area (Å²) < 4.78 is 18.0. The summed E-state index contributed by atoms with van der Waals surface area (Å²) in [5.74, 6) is 4.70. The van der Waals surface area contributed by atoms with Gasteiger partial charge in [0.25, 0.3) is 0 Å². The number of hydrogen-bond acceptors (Lipinski definition) is 4. The van der Waals surface area contributed by atoms with Gasteiger partial charge in [0.15, 0.2) is 0 Å². The molecule has 0 spiro atoms. The molecule has 0 fully saturated rings. The third kappa shape index (κ3) is 14.5. The van der Waals surface area contributed by atoms with Gasteiger partial charge >= 0.3 is 42.1 Å². The maximum absolute atomic E-state index is 5.63. The Labute approximate surface area is 826 Å². The average Bonchev–Trinajstić information content (AvgIpc) is 1.54. The van der Waals surface area contributed by atoms with Gasteiger partial charge in [-0.1, -0.05) is 318 Å². The number of aromatic nitrogens is 12. The van der Waals surface area contributed by atoms with Crippen molar-refractivity contribution in [2.45, 2.75) is 197 Å². The predicted octanol–water partition coefficient (Wildman–Crippen LogP) is 31.8. The molecule has 0 saturated heterocycles. The van der Waals surface area contributed by atoms with E-state index in [1.54, 1.807) is 0 Å². The number of rotatable bonds is 17. The first-order chi connectivity index (χ1) is 64.6. The van der Waals surface area contributed by atoms with Gasteiger partial charge < -0.3 is 18.3 Å². The number of para-hydroxylation sites is 6. The van der Waals surface area contributed by atoms with Gasteiger partial charge in [0.1, 0.15) is 0 Å². The van der Waals surface area contributed by atoms with Crippen LogP contribution in [0.5, 0.6) is 0 Å². The van der Waals surface area contributed by atoms with Crippen LogP contribution in [0.15, 0.2) is 279 Å². The fourth-order valence-corrected chi connectivity index (χ4v) is 21.7. The monoisotopic (exact) mass is 2140 g/mol. The van der Waals surface area contributed by atoms with Crippen LogP contribution in [0.4, 0.5) is 0 Å². The van der Waals surface area contributed by atoms with E-state index in [9.17, 15) is 0 Å². The number of hydrogen-bond donors (Lipinski definition) is 0. The Morgan fingerprint density at radius 3 is 1.26 bits per heavy atom. The average molecular weight is 2140 g/mol. The molecule has 9 heterocycles. The Morgan fingerprint density at radius 1 is 0.287 bits per heavy atom. The summed E-state index contributed by atoms with van der Waals surface area (Å²) in [5.41, 5.74) is 41.2. The molecule has 0 atom stereocenters. The summed E-state index contributed by atoms with van der Waals surface area (Å²) in [5, 5.41) is 14.7. The predicted molar refractivity (Wildman–Crippen MR) is 558 cm³/mol. The normalized spacial score (nSPS) is 13.2. The third-order valence-corrected chi connectivity index (χ3v) is 29.4. The van der Waals surface area contributed by atoms with Crippen LogP contribution in [-0.4, -0.2) is 56.6 Å². The molecular formula is C122H114N12Pt2. The van der Waals surface area contributed by atoms with E-state index in [2.05, 4.69) is 455 Å². The largest absolute Gasteiger partial charge is 2.00 e. The molecule has 1 aliphatic rings. The maximum Gasteiger partial charge on any atom is 2.00 e. The van der Waals surface area contributed by atoms with Crippen LogP contribution in [0.1, 0.15) is 242 Å². The minimum atomic E-state index is -0.199. The van der Waals surface area contributed by atoms with Gasteiger partial charge in [-0.05, 0) is 213 Å². The molecule has 0 unspecified atom stereocenters. The number of nitrogens with zero attached hydrogens (tertiary/aromatic N) is 12. The summed E-state index contributed by atoms with van der Waals surface area (Å²) in [4.78, 5) is 10.8. The van der Waals surface area contributed by atoms with Gasteiger partial charge in [-0.15, -0.1) is 70.9 Å². The first kappa shape index (κ1) is 90.8. The van der Waals surface area contributed by atoms with E-state index >= 15 is 0 Å². The first-order valence-electron chi connectivity index (χ1n) is 48.2. The number of imidazole rings is 4. The van der Waals surface area contributed by atoms with Gasteiger partial charge in [0, 0.05) is 33.8 Å². The van der Waals surface area contributed by atoms with Gasteiger partial charge in [-0.25, -0.2) is 9.97 Å². The first-order valence-corrected chi connectivity index (χ1v) is 48.2. The topological polar surface area (TPSA) is 90.0 Å². The maximum atomic E-state index is 5.63. The van der Waals surface area contributed by atoms with Crippen LogP contribution in [0.2, 0.25) is 0 Å². The van der Waals surface area contributed by atoms with Crippen LogP contribution >= 0.6 is 0 Å². The van der Waals surface area contributed by atoms with Crippen LogP contribution in [-0.2, 0) is 53.0 Å². The molecule has 0 radical (unpaired) electrons. The molecule has 682 valence electrons. The van der Waals surface area contributed by atoms with Crippen molar-refractivity contribution in [3.8, 4) is 78.6 Å². The molecule has 136 heavy (non-hydrogen) atoms. The van der Waals surface area contributed by atoms with Crippen molar-refractivity contribution >= 4 is 99.3 Å². The van der Waals surface area contributed by atoms with Gasteiger partial charge in [0.05, 0.1) is 62.2 Å². The molecule has 14 aromatic carbocycles. The minimum absolute atomic E-state index is 0. The summed E-state index contributed by atoms with van der Waals surface area (Å²) in [6, 6.07) is 111. The van der Waals surface area contributed by atoms with Crippen molar-refractivity contribution in [1.29, 1.82) is 0 Å². The van der Waals surface area contributed by atoms with Gasteiger partial charge in [0.2, 0.25) is 11.6 Å². The van der Waals surface area contributed by atoms with Gasteiger partial charge in [-0.2, -0.15) is 34.5 Å². The molecule has 0 saturated carbocycles. The fourth-order valence-electron chi connectivity index (χ4n) is 21.7. The Morgan fingerprint density at radius 2 is 0.721 bits per heavy atom. The molecule has 22 aromatic rings. The van der Waals surface area contributed by atoms with E-state index in [4.69, 9.17) is 20.2 Å². The summed E-state index contributed by atoms with van der Waals surface area (Å²) >= 11 is 0. The van der Waals surface area contributed by atoms with Crippen molar-refractivity contribution in [1.82, 2.24) is 56.6 Å². The van der Waals surface area contributed by atoms with Crippen molar-refractivity contribution in [2.24, 2.45) is 0 Å². The molecule has 0 N–H and O–H groups in total. The second-order valence-electron chi connectivity index (χ2n) is 40.8. The Balaban J connectivity index is 0.000000182. The van der Waals surface area contributed by atoms with Crippen molar-refractivity contribution in [2.75, 3.05) is 0 Å². The Hall–Kier alpha value is -13.0. The molecule has 0 bridgehead atoms. The number of benzene rings is 14. The second-order valence-corrected chi connectivity index (χ2v) is 40.8. The fraction of sp³-hybridized carbons (Fsp3) is 0.246. The van der Waals surface area contributed by atoms with Crippen LogP contribution in [0.3, 0.4) is 0 Å². The van der Waals surface area contributed by atoms with E-state index in [1.165, 1.54) is 94.5 Å².